The van der Waals surface area contributed by atoms with Crippen LogP contribution < -0.4 is 0 Å². The van der Waals surface area contributed by atoms with Gasteiger partial charge < -0.3 is 0 Å². The van der Waals surface area contributed by atoms with Crippen molar-refractivity contribution in [2.45, 2.75) is 20.8 Å². The minimum absolute atomic E-state index is 1.27. The zero-order valence-corrected chi connectivity index (χ0v) is 17.2. The fourth-order valence-corrected chi connectivity index (χ4v) is 4.37. The number of fused-ring (bicyclic) bond motifs is 2. The second kappa shape index (κ2) is 6.90. The molecule has 0 nitrogen and oxygen atoms in total. The van der Waals surface area contributed by atoms with Crippen molar-refractivity contribution < 1.29 is 0 Å². The van der Waals surface area contributed by atoms with E-state index in [1.807, 2.05) is 0 Å². The maximum absolute atomic E-state index is 2.33. The van der Waals surface area contributed by atoms with Gasteiger partial charge in [0.15, 0.2) is 0 Å². The van der Waals surface area contributed by atoms with E-state index in [2.05, 4.69) is 112 Å². The van der Waals surface area contributed by atoms with Crippen LogP contribution >= 0.6 is 0 Å². The predicted molar refractivity (Wildman–Crippen MR) is 127 cm³/mol. The van der Waals surface area contributed by atoms with Crippen LogP contribution in [0.5, 0.6) is 0 Å². The summed E-state index contributed by atoms with van der Waals surface area (Å²) in [6.45, 7) is 6.52. The Morgan fingerprint density at radius 2 is 0.862 bits per heavy atom. The highest BCUT2D eigenvalue weighted by Gasteiger charge is 2.16. The van der Waals surface area contributed by atoms with Crippen LogP contribution in [0, 0.1) is 20.8 Å². The molecule has 0 heterocycles. The van der Waals surface area contributed by atoms with Gasteiger partial charge in [0.05, 0.1) is 0 Å². The normalized spacial score (nSPS) is 11.3. The summed E-state index contributed by atoms with van der Waals surface area (Å²) in [6.07, 6.45) is 0. The molecule has 0 N–H and O–H groups in total. The molecule has 5 aromatic rings. The summed E-state index contributed by atoms with van der Waals surface area (Å²) in [7, 11) is 0. The van der Waals surface area contributed by atoms with E-state index in [0.29, 0.717) is 0 Å². The summed E-state index contributed by atoms with van der Waals surface area (Å²) in [5, 5.41) is 5.24. The van der Waals surface area contributed by atoms with Crippen LogP contribution in [-0.4, -0.2) is 0 Å². The maximum atomic E-state index is 2.33. The van der Waals surface area contributed by atoms with Crippen LogP contribution in [-0.2, 0) is 0 Å². The Morgan fingerprint density at radius 3 is 1.34 bits per heavy atom. The highest BCUT2D eigenvalue weighted by Crippen LogP contribution is 2.43. The van der Waals surface area contributed by atoms with Crippen molar-refractivity contribution in [3.05, 3.63) is 108 Å². The standard InChI is InChI=1S/C29H24/c1-19-12-15-22(16-13-19)28-24-8-4-6-10-26(24)29(27-11-7-5-9-25(27)28)23-17-14-20(2)21(3)18-23/h4-18H,1-3H3. The lowest BCUT2D eigenvalue weighted by Crippen LogP contribution is -1.91. The first-order chi connectivity index (χ1) is 14.1. The molecule has 0 aromatic heterocycles. The smallest absolute Gasteiger partial charge is 0.00263 e. The third-order valence-electron chi connectivity index (χ3n) is 6.07. The van der Waals surface area contributed by atoms with Crippen LogP contribution in [0.3, 0.4) is 0 Å². The van der Waals surface area contributed by atoms with Gasteiger partial charge >= 0.3 is 0 Å². The molecule has 0 bridgehead atoms. The van der Waals surface area contributed by atoms with Crippen LogP contribution in [0.15, 0.2) is 91.0 Å². The minimum Gasteiger partial charge on any atom is -0.0616 e. The first kappa shape index (κ1) is 17.7. The van der Waals surface area contributed by atoms with E-state index in [9.17, 15) is 0 Å². The largest absolute Gasteiger partial charge is 0.0616 e. The number of benzene rings is 5. The monoisotopic (exact) mass is 372 g/mol. The van der Waals surface area contributed by atoms with Gasteiger partial charge in [0.2, 0.25) is 0 Å². The molecule has 0 aliphatic heterocycles. The van der Waals surface area contributed by atoms with E-state index in [0.717, 1.165) is 0 Å². The number of hydrogen-bond donors (Lipinski definition) is 0. The second-order valence-corrected chi connectivity index (χ2v) is 8.01. The van der Waals surface area contributed by atoms with Gasteiger partial charge in [-0.1, -0.05) is 96.6 Å². The molecular formula is C29H24. The van der Waals surface area contributed by atoms with Gasteiger partial charge in [0.1, 0.15) is 0 Å². The lowest BCUT2D eigenvalue weighted by atomic mass is 9.85. The van der Waals surface area contributed by atoms with Crippen molar-refractivity contribution in [2.75, 3.05) is 0 Å². The SMILES string of the molecule is Cc1ccc(-c2c3ccccc3c(-c3ccc(C)c(C)c3)c3ccccc23)cc1. The highest BCUT2D eigenvalue weighted by molar-refractivity contribution is 6.21. The molecule has 0 heteroatoms. The fourth-order valence-electron chi connectivity index (χ4n) is 4.37. The first-order valence-electron chi connectivity index (χ1n) is 10.2. The summed E-state index contributed by atoms with van der Waals surface area (Å²) in [5.74, 6) is 0. The van der Waals surface area contributed by atoms with Gasteiger partial charge in [-0.25, -0.2) is 0 Å². The summed E-state index contributed by atoms with van der Waals surface area (Å²) in [4.78, 5) is 0. The molecule has 0 unspecified atom stereocenters. The molecule has 5 rings (SSSR count). The van der Waals surface area contributed by atoms with E-state index in [4.69, 9.17) is 0 Å². The Balaban J connectivity index is 1.96. The maximum Gasteiger partial charge on any atom is -0.00263 e. The third kappa shape index (κ3) is 2.93. The Hall–Kier alpha value is -3.38. The summed E-state index contributed by atoms with van der Waals surface area (Å²) >= 11 is 0. The van der Waals surface area contributed by atoms with Gasteiger partial charge in [0.25, 0.3) is 0 Å². The summed E-state index contributed by atoms with van der Waals surface area (Å²) in [5.41, 5.74) is 9.16. The highest BCUT2D eigenvalue weighted by atomic mass is 14.2. The molecule has 0 amide bonds. The van der Waals surface area contributed by atoms with Gasteiger partial charge in [-0.2, -0.15) is 0 Å². The number of aryl methyl sites for hydroxylation is 3. The van der Waals surface area contributed by atoms with Gasteiger partial charge in [-0.05, 0) is 75.7 Å². The molecule has 0 atom stereocenters. The van der Waals surface area contributed by atoms with E-state index < -0.39 is 0 Å². The van der Waals surface area contributed by atoms with Crippen LogP contribution in [0.2, 0.25) is 0 Å². The summed E-state index contributed by atoms with van der Waals surface area (Å²) < 4.78 is 0. The van der Waals surface area contributed by atoms with E-state index in [1.54, 1.807) is 0 Å². The van der Waals surface area contributed by atoms with E-state index >= 15 is 0 Å². The molecule has 140 valence electrons. The van der Waals surface area contributed by atoms with Crippen molar-refractivity contribution in [1.82, 2.24) is 0 Å². The quantitative estimate of drug-likeness (QED) is 0.274. The molecule has 0 radical (unpaired) electrons. The average Bonchev–Trinajstić information content (AvgIpc) is 2.75. The summed E-state index contributed by atoms with van der Waals surface area (Å²) in [6, 6.07) is 33.4. The minimum atomic E-state index is 1.27. The Labute approximate surface area is 172 Å². The second-order valence-electron chi connectivity index (χ2n) is 8.01. The Kier molecular flexibility index (Phi) is 4.21. The lowest BCUT2D eigenvalue weighted by molar-refractivity contribution is 1.34. The molecule has 0 fully saturated rings. The average molecular weight is 373 g/mol. The zero-order valence-electron chi connectivity index (χ0n) is 17.2. The van der Waals surface area contributed by atoms with Crippen molar-refractivity contribution >= 4 is 21.5 Å². The Bertz CT molecular complexity index is 1300. The van der Waals surface area contributed by atoms with Crippen LogP contribution in [0.25, 0.3) is 43.8 Å². The van der Waals surface area contributed by atoms with Crippen molar-refractivity contribution in [1.29, 1.82) is 0 Å². The van der Waals surface area contributed by atoms with Gasteiger partial charge in [0, 0.05) is 0 Å². The molecule has 0 aliphatic rings. The van der Waals surface area contributed by atoms with Gasteiger partial charge in [-0.3, -0.25) is 0 Å². The van der Waals surface area contributed by atoms with Crippen molar-refractivity contribution in [2.24, 2.45) is 0 Å². The van der Waals surface area contributed by atoms with E-state index in [-0.39, 0.29) is 0 Å². The predicted octanol–water partition coefficient (Wildman–Crippen LogP) is 8.25. The van der Waals surface area contributed by atoms with Crippen LogP contribution in [0.4, 0.5) is 0 Å². The van der Waals surface area contributed by atoms with Gasteiger partial charge in [-0.15, -0.1) is 0 Å². The fraction of sp³-hybridized carbons (Fsp3) is 0.103. The molecule has 0 saturated heterocycles. The lowest BCUT2D eigenvalue weighted by Gasteiger charge is -2.18. The molecule has 29 heavy (non-hydrogen) atoms. The third-order valence-corrected chi connectivity index (χ3v) is 6.07. The van der Waals surface area contributed by atoms with Crippen molar-refractivity contribution in [3.63, 3.8) is 0 Å². The number of hydrogen-bond acceptors (Lipinski definition) is 0. The molecular weight excluding hydrogens is 348 g/mol. The molecule has 5 aromatic carbocycles. The molecule has 0 saturated carbocycles. The van der Waals surface area contributed by atoms with E-state index in [1.165, 1.54) is 60.5 Å². The molecule has 0 aliphatic carbocycles. The zero-order chi connectivity index (χ0) is 20.0. The molecule has 0 spiro atoms. The number of rotatable bonds is 2. The Morgan fingerprint density at radius 1 is 0.414 bits per heavy atom. The van der Waals surface area contributed by atoms with Crippen molar-refractivity contribution in [3.8, 4) is 22.3 Å². The first-order valence-corrected chi connectivity index (χ1v) is 10.2. The topological polar surface area (TPSA) is 0 Å². The van der Waals surface area contributed by atoms with Crippen LogP contribution in [0.1, 0.15) is 16.7 Å².